The number of aromatic hydroxyl groups is 1. The molecule has 124 valence electrons. The molecule has 0 unspecified atom stereocenters. The van der Waals surface area contributed by atoms with E-state index in [1.165, 1.54) is 0 Å². The fraction of sp³-hybridized carbons (Fsp3) is 0.312. The lowest BCUT2D eigenvalue weighted by atomic mass is 10.0. The van der Waals surface area contributed by atoms with Gasteiger partial charge in [0.25, 0.3) is 0 Å². The highest BCUT2D eigenvalue weighted by atomic mass is 16.3. The molecule has 0 radical (unpaired) electrons. The highest BCUT2D eigenvalue weighted by Crippen LogP contribution is 2.31. The Kier molecular flexibility index (Phi) is 4.92. The minimum Gasteiger partial charge on any atom is -0.515 e. The lowest BCUT2D eigenvalue weighted by molar-refractivity contribution is 0.270. The molecule has 1 aliphatic rings. The van der Waals surface area contributed by atoms with Crippen LogP contribution in [0.25, 0.3) is 0 Å². The molecule has 0 saturated heterocycles. The van der Waals surface area contributed by atoms with E-state index in [-0.39, 0.29) is 36.8 Å². The van der Waals surface area contributed by atoms with Crippen LogP contribution in [-0.2, 0) is 13.2 Å². The fourth-order valence-corrected chi connectivity index (χ4v) is 2.45. The van der Waals surface area contributed by atoms with Crippen molar-refractivity contribution >= 4 is 0 Å². The number of pyridine rings is 1. The number of aryl methyl sites for hydroxylation is 1. The molecule has 1 aromatic rings. The highest BCUT2D eigenvalue weighted by molar-refractivity contribution is 5.48. The molecule has 0 fully saturated rings. The molecule has 23 heavy (non-hydrogen) atoms. The average molecular weight is 320 g/mol. The molecule has 2 rings (SSSR count). The quantitative estimate of drug-likeness (QED) is 0.534. The van der Waals surface area contributed by atoms with Crippen LogP contribution in [0.3, 0.4) is 0 Å². The Morgan fingerprint density at radius 1 is 1.17 bits per heavy atom. The predicted octanol–water partition coefficient (Wildman–Crippen LogP) is 1.51. The highest BCUT2D eigenvalue weighted by Gasteiger charge is 2.23. The number of hydrogen-bond acceptors (Lipinski definition) is 7. The van der Waals surface area contributed by atoms with Gasteiger partial charge in [-0.2, -0.15) is 0 Å². The summed E-state index contributed by atoms with van der Waals surface area (Å²) in [5, 5.41) is 48.2. The van der Waals surface area contributed by atoms with Crippen molar-refractivity contribution in [1.29, 1.82) is 0 Å². The Balaban J connectivity index is 2.43. The van der Waals surface area contributed by atoms with Crippen molar-refractivity contribution in [1.82, 2.24) is 9.88 Å². The Morgan fingerprint density at radius 3 is 2.43 bits per heavy atom. The summed E-state index contributed by atoms with van der Waals surface area (Å²) >= 11 is 0. The average Bonchev–Trinajstić information content (AvgIpc) is 2.55. The van der Waals surface area contributed by atoms with E-state index in [0.717, 1.165) is 6.26 Å². The first-order valence-corrected chi connectivity index (χ1v) is 7.04. The predicted molar refractivity (Wildman–Crippen MR) is 83.3 cm³/mol. The Hall–Kier alpha value is -2.51. The van der Waals surface area contributed by atoms with E-state index in [1.807, 2.05) is 0 Å². The van der Waals surface area contributed by atoms with Crippen LogP contribution in [0.2, 0.25) is 0 Å². The van der Waals surface area contributed by atoms with Crippen molar-refractivity contribution in [3.8, 4) is 5.75 Å². The van der Waals surface area contributed by atoms with Crippen LogP contribution in [0.4, 0.5) is 0 Å². The number of aliphatic hydroxyl groups is 4. The maximum atomic E-state index is 10.2. The summed E-state index contributed by atoms with van der Waals surface area (Å²) in [6.45, 7) is 2.83. The van der Waals surface area contributed by atoms with E-state index in [0.29, 0.717) is 28.1 Å². The van der Waals surface area contributed by atoms with Gasteiger partial charge in [-0.15, -0.1) is 0 Å². The van der Waals surface area contributed by atoms with E-state index in [1.54, 1.807) is 31.1 Å². The third-order valence-electron chi connectivity index (χ3n) is 3.91. The molecule has 0 amide bonds. The summed E-state index contributed by atoms with van der Waals surface area (Å²) in [4.78, 5) is 5.73. The molecule has 7 nitrogen and oxygen atoms in total. The maximum absolute atomic E-state index is 10.2. The van der Waals surface area contributed by atoms with Gasteiger partial charge < -0.3 is 30.4 Å². The molecular formula is C16H20N2O5. The van der Waals surface area contributed by atoms with Gasteiger partial charge in [0, 0.05) is 30.1 Å². The van der Waals surface area contributed by atoms with E-state index < -0.39 is 0 Å². The van der Waals surface area contributed by atoms with Crippen molar-refractivity contribution in [2.24, 2.45) is 0 Å². The van der Waals surface area contributed by atoms with Crippen LogP contribution in [-0.4, -0.2) is 42.0 Å². The van der Waals surface area contributed by atoms with Gasteiger partial charge in [0.2, 0.25) is 0 Å². The molecule has 0 spiro atoms. The second-order valence-corrected chi connectivity index (χ2v) is 5.27. The van der Waals surface area contributed by atoms with Crippen molar-refractivity contribution in [3.63, 3.8) is 0 Å². The van der Waals surface area contributed by atoms with Crippen molar-refractivity contribution in [3.05, 3.63) is 58.1 Å². The van der Waals surface area contributed by atoms with Crippen LogP contribution in [0.15, 0.2) is 41.3 Å². The molecule has 1 aromatic heterocycles. The lowest BCUT2D eigenvalue weighted by Gasteiger charge is -2.29. The normalized spacial score (nSPS) is 17.0. The topological polar surface area (TPSA) is 117 Å². The number of allylic oxidation sites excluding steroid dienone is 2. The number of aromatic nitrogens is 1. The standard InChI is InChI=1S/C16H20N2O5/c1-9-15(22)13(7-20)11(3-17-9)4-18-5-12(6-19)14(8-21)16(23)10(18)2/h3,5,8,19-23H,4,6-7H2,1-2H3/b14-8+. The van der Waals surface area contributed by atoms with Gasteiger partial charge in [-0.3, -0.25) is 4.98 Å². The Bertz CT molecular complexity index is 707. The molecule has 1 aliphatic heterocycles. The zero-order valence-electron chi connectivity index (χ0n) is 13.0. The van der Waals surface area contributed by atoms with Gasteiger partial charge in [-0.05, 0) is 19.4 Å². The summed E-state index contributed by atoms with van der Waals surface area (Å²) in [7, 11) is 0. The smallest absolute Gasteiger partial charge is 0.145 e. The summed E-state index contributed by atoms with van der Waals surface area (Å²) in [5.74, 6) is -0.205. The first-order chi connectivity index (χ1) is 10.9. The van der Waals surface area contributed by atoms with Crippen molar-refractivity contribution in [2.45, 2.75) is 27.0 Å². The molecular weight excluding hydrogens is 300 g/mol. The largest absolute Gasteiger partial charge is 0.515 e. The van der Waals surface area contributed by atoms with Crippen LogP contribution in [0.1, 0.15) is 23.7 Å². The third-order valence-corrected chi connectivity index (χ3v) is 3.91. The van der Waals surface area contributed by atoms with Gasteiger partial charge in [0.15, 0.2) is 0 Å². The SMILES string of the molecule is CC1=C(O)/C(=C/O)C(CO)=CN1Cc1cnc(C)c(O)c1CO. The zero-order chi connectivity index (χ0) is 17.1. The molecule has 7 heteroatoms. The van der Waals surface area contributed by atoms with E-state index in [4.69, 9.17) is 0 Å². The van der Waals surface area contributed by atoms with Crippen molar-refractivity contribution in [2.75, 3.05) is 6.61 Å². The summed E-state index contributed by atoms with van der Waals surface area (Å²) < 4.78 is 0. The molecule has 0 aliphatic carbocycles. The van der Waals surface area contributed by atoms with E-state index in [2.05, 4.69) is 4.98 Å². The molecule has 0 aromatic carbocycles. The number of hydrogen-bond donors (Lipinski definition) is 5. The molecule has 2 heterocycles. The van der Waals surface area contributed by atoms with Gasteiger partial charge in [0.05, 0.1) is 36.4 Å². The fourth-order valence-electron chi connectivity index (χ4n) is 2.45. The molecule has 0 bridgehead atoms. The van der Waals surface area contributed by atoms with Gasteiger partial charge >= 0.3 is 0 Å². The Labute approximate surface area is 133 Å². The minimum absolute atomic E-state index is 0.0600. The van der Waals surface area contributed by atoms with Gasteiger partial charge in [-0.25, -0.2) is 0 Å². The second-order valence-electron chi connectivity index (χ2n) is 5.27. The number of rotatable bonds is 4. The second kappa shape index (κ2) is 6.72. The molecule has 5 N–H and O–H groups in total. The number of nitrogens with zero attached hydrogens (tertiary/aromatic N) is 2. The Morgan fingerprint density at radius 2 is 1.87 bits per heavy atom. The van der Waals surface area contributed by atoms with Crippen molar-refractivity contribution < 1.29 is 25.5 Å². The maximum Gasteiger partial charge on any atom is 0.145 e. The van der Waals surface area contributed by atoms with Crippen LogP contribution in [0, 0.1) is 6.92 Å². The summed E-state index contributed by atoms with van der Waals surface area (Å²) in [5.41, 5.74) is 2.36. The minimum atomic E-state index is -0.357. The number of aliphatic hydroxyl groups excluding tert-OH is 4. The third kappa shape index (κ3) is 3.01. The monoisotopic (exact) mass is 320 g/mol. The van der Waals surface area contributed by atoms with Crippen LogP contribution in [0.5, 0.6) is 5.75 Å². The molecule has 0 atom stereocenters. The van der Waals surface area contributed by atoms with Gasteiger partial charge in [-0.1, -0.05) is 0 Å². The van der Waals surface area contributed by atoms with Crippen LogP contribution >= 0.6 is 0 Å². The first-order valence-electron chi connectivity index (χ1n) is 7.04. The zero-order valence-corrected chi connectivity index (χ0v) is 13.0. The summed E-state index contributed by atoms with van der Waals surface area (Å²) in [6.07, 6.45) is 3.89. The lowest BCUT2D eigenvalue weighted by Crippen LogP contribution is -2.24. The van der Waals surface area contributed by atoms with Gasteiger partial charge in [0.1, 0.15) is 11.5 Å². The van der Waals surface area contributed by atoms with E-state index >= 15 is 0 Å². The first kappa shape index (κ1) is 16.9. The molecule has 0 saturated carbocycles. The summed E-state index contributed by atoms with van der Waals surface area (Å²) in [6, 6.07) is 0. The van der Waals surface area contributed by atoms with Crippen LogP contribution < -0.4 is 0 Å². The van der Waals surface area contributed by atoms with E-state index in [9.17, 15) is 25.5 Å².